The van der Waals surface area contributed by atoms with Gasteiger partial charge in [-0.3, -0.25) is 9.69 Å². The third-order valence-electron chi connectivity index (χ3n) is 7.04. The maximum Gasteiger partial charge on any atom is 0.337 e. The first-order valence-electron chi connectivity index (χ1n) is 12.7. The summed E-state index contributed by atoms with van der Waals surface area (Å²) in [6, 6.07) is 14.1. The number of hydrogen-bond acceptors (Lipinski definition) is 8. The Morgan fingerprint density at radius 1 is 1.08 bits per heavy atom. The predicted octanol–water partition coefficient (Wildman–Crippen LogP) is 3.63. The Labute approximate surface area is 226 Å². The van der Waals surface area contributed by atoms with E-state index < -0.39 is 5.97 Å². The standard InChI is InChI=1S/C29H31N5O5/c1-32-11-13-34(14-12-32)17-25(35)33(2)22-7-5-21(6-8-22)30-27(20-10-15-39-18-20)26-23-16-19(29(37)38-3)4-9-24(23)31-28(26)36/h4-10,15-16,18,31,36H,11-14,17H2,1-3H3. The van der Waals surface area contributed by atoms with Gasteiger partial charge in [0, 0.05) is 55.4 Å². The van der Waals surface area contributed by atoms with Crippen molar-refractivity contribution in [2.75, 3.05) is 58.8 Å². The monoisotopic (exact) mass is 529 g/mol. The minimum atomic E-state index is -0.479. The normalized spacial score (nSPS) is 15.0. The summed E-state index contributed by atoms with van der Waals surface area (Å²) in [5.41, 5.74) is 3.91. The lowest BCUT2D eigenvalue weighted by molar-refractivity contribution is -0.119. The van der Waals surface area contributed by atoms with Gasteiger partial charge in [-0.1, -0.05) is 0 Å². The lowest BCUT2D eigenvalue weighted by atomic mass is 10.0. The molecule has 1 aliphatic rings. The van der Waals surface area contributed by atoms with E-state index in [4.69, 9.17) is 14.1 Å². The molecule has 1 amide bonds. The molecule has 0 spiro atoms. The van der Waals surface area contributed by atoms with E-state index in [1.54, 1.807) is 42.5 Å². The Morgan fingerprint density at radius 2 is 1.82 bits per heavy atom. The molecule has 2 aromatic heterocycles. The highest BCUT2D eigenvalue weighted by atomic mass is 16.5. The highest BCUT2D eigenvalue weighted by Gasteiger charge is 2.22. The average Bonchev–Trinajstić information content (AvgIpc) is 3.60. The second kappa shape index (κ2) is 11.1. The first-order valence-corrected chi connectivity index (χ1v) is 12.7. The molecule has 1 saturated heterocycles. The van der Waals surface area contributed by atoms with Gasteiger partial charge in [0.25, 0.3) is 0 Å². The Morgan fingerprint density at radius 3 is 2.49 bits per heavy atom. The van der Waals surface area contributed by atoms with Crippen LogP contribution in [0.2, 0.25) is 0 Å². The number of likely N-dealkylation sites (N-methyl/N-ethyl adjacent to an activating group) is 2. The number of nitrogens with one attached hydrogen (secondary N) is 1. The number of ether oxygens (including phenoxy) is 1. The van der Waals surface area contributed by atoms with E-state index in [0.29, 0.717) is 45.5 Å². The number of amides is 1. The zero-order valence-electron chi connectivity index (χ0n) is 22.2. The Bertz CT molecular complexity index is 1500. The highest BCUT2D eigenvalue weighted by Crippen LogP contribution is 2.33. The first kappa shape index (κ1) is 26.2. The third kappa shape index (κ3) is 5.57. The minimum absolute atomic E-state index is 0.0278. The zero-order valence-corrected chi connectivity index (χ0v) is 22.2. The molecule has 10 heteroatoms. The van der Waals surface area contributed by atoms with E-state index in [0.717, 1.165) is 31.9 Å². The summed E-state index contributed by atoms with van der Waals surface area (Å²) >= 11 is 0. The number of furan rings is 1. The smallest absolute Gasteiger partial charge is 0.337 e. The summed E-state index contributed by atoms with van der Waals surface area (Å²) in [5, 5.41) is 11.5. The van der Waals surface area contributed by atoms with Crippen LogP contribution in [0, 0.1) is 0 Å². The van der Waals surface area contributed by atoms with Crippen molar-refractivity contribution in [2.24, 2.45) is 4.99 Å². The molecule has 0 saturated carbocycles. The van der Waals surface area contributed by atoms with E-state index in [1.165, 1.54) is 13.4 Å². The van der Waals surface area contributed by atoms with Gasteiger partial charge in [-0.15, -0.1) is 0 Å². The first-order chi connectivity index (χ1) is 18.8. The quantitative estimate of drug-likeness (QED) is 0.278. The summed E-state index contributed by atoms with van der Waals surface area (Å²) in [5.74, 6) is -0.537. The van der Waals surface area contributed by atoms with Crippen molar-refractivity contribution in [2.45, 2.75) is 0 Å². The van der Waals surface area contributed by atoms with E-state index in [2.05, 4.69) is 21.8 Å². The zero-order chi connectivity index (χ0) is 27.5. The summed E-state index contributed by atoms with van der Waals surface area (Å²) < 4.78 is 10.2. The van der Waals surface area contributed by atoms with Gasteiger partial charge < -0.3 is 29.0 Å². The van der Waals surface area contributed by atoms with Crippen LogP contribution < -0.4 is 4.90 Å². The highest BCUT2D eigenvalue weighted by molar-refractivity contribution is 6.22. The number of nitrogens with zero attached hydrogens (tertiary/aromatic N) is 4. The second-order valence-corrected chi connectivity index (χ2v) is 9.62. The Hall–Kier alpha value is -4.41. The molecule has 0 aliphatic carbocycles. The summed E-state index contributed by atoms with van der Waals surface area (Å²) in [4.78, 5) is 38.9. The van der Waals surface area contributed by atoms with Crippen molar-refractivity contribution in [1.29, 1.82) is 0 Å². The number of aromatic amines is 1. The molecule has 4 aromatic rings. The molecule has 5 rings (SSSR count). The molecule has 0 radical (unpaired) electrons. The second-order valence-electron chi connectivity index (χ2n) is 9.62. The van der Waals surface area contributed by atoms with Gasteiger partial charge in [0.2, 0.25) is 5.91 Å². The van der Waals surface area contributed by atoms with Crippen molar-refractivity contribution < 1.29 is 23.8 Å². The number of carbonyl (C=O) groups is 2. The van der Waals surface area contributed by atoms with E-state index in [-0.39, 0.29) is 11.8 Å². The molecule has 3 heterocycles. The molecule has 10 nitrogen and oxygen atoms in total. The number of aromatic nitrogens is 1. The Balaban J connectivity index is 1.44. The molecule has 2 N–H and O–H groups in total. The van der Waals surface area contributed by atoms with Crippen molar-refractivity contribution in [3.63, 3.8) is 0 Å². The van der Waals surface area contributed by atoms with Gasteiger partial charge in [-0.25, -0.2) is 9.79 Å². The van der Waals surface area contributed by atoms with Crippen LogP contribution in [0.1, 0.15) is 21.5 Å². The van der Waals surface area contributed by atoms with E-state index >= 15 is 0 Å². The number of aromatic hydroxyl groups is 1. The van der Waals surface area contributed by atoms with Gasteiger partial charge >= 0.3 is 5.97 Å². The van der Waals surface area contributed by atoms with Crippen molar-refractivity contribution in [1.82, 2.24) is 14.8 Å². The topological polar surface area (TPSA) is 115 Å². The van der Waals surface area contributed by atoms with Crippen LogP contribution in [-0.2, 0) is 9.53 Å². The van der Waals surface area contributed by atoms with E-state index in [9.17, 15) is 14.7 Å². The fourth-order valence-electron chi connectivity index (χ4n) is 4.65. The maximum absolute atomic E-state index is 12.9. The molecule has 0 unspecified atom stereocenters. The number of methoxy groups -OCH3 is 1. The molecule has 2 aromatic carbocycles. The van der Waals surface area contributed by atoms with Crippen molar-refractivity contribution >= 4 is 39.9 Å². The fourth-order valence-corrected chi connectivity index (χ4v) is 4.65. The summed E-state index contributed by atoms with van der Waals surface area (Å²) in [7, 11) is 5.19. The number of fused-ring (bicyclic) bond motifs is 1. The lowest BCUT2D eigenvalue weighted by Crippen LogP contribution is -2.48. The third-order valence-corrected chi connectivity index (χ3v) is 7.04. The van der Waals surface area contributed by atoms with Crippen molar-refractivity contribution in [3.8, 4) is 5.88 Å². The number of aliphatic imine (C=N–C) groups is 1. The largest absolute Gasteiger partial charge is 0.494 e. The number of hydrogen-bond donors (Lipinski definition) is 2. The number of anilines is 1. The number of piperazine rings is 1. The molecule has 202 valence electrons. The van der Waals surface area contributed by atoms with Gasteiger partial charge in [-0.2, -0.15) is 0 Å². The van der Waals surface area contributed by atoms with Crippen LogP contribution in [0.4, 0.5) is 11.4 Å². The number of carbonyl (C=O) groups excluding carboxylic acids is 2. The molecule has 39 heavy (non-hydrogen) atoms. The molecular formula is C29H31N5O5. The molecular weight excluding hydrogens is 498 g/mol. The molecule has 0 atom stereocenters. The molecule has 1 aliphatic heterocycles. The minimum Gasteiger partial charge on any atom is -0.494 e. The summed E-state index contributed by atoms with van der Waals surface area (Å²) in [6.07, 6.45) is 3.07. The van der Waals surface area contributed by atoms with Crippen LogP contribution in [0.15, 0.2) is 70.5 Å². The van der Waals surface area contributed by atoms with Crippen LogP contribution in [0.5, 0.6) is 5.88 Å². The van der Waals surface area contributed by atoms with Gasteiger partial charge in [0.15, 0.2) is 5.88 Å². The number of benzene rings is 2. The lowest BCUT2D eigenvalue weighted by Gasteiger charge is -2.32. The van der Waals surface area contributed by atoms with Crippen LogP contribution >= 0.6 is 0 Å². The van der Waals surface area contributed by atoms with Crippen LogP contribution in [0.3, 0.4) is 0 Å². The van der Waals surface area contributed by atoms with Crippen molar-refractivity contribution in [3.05, 3.63) is 77.7 Å². The van der Waals surface area contributed by atoms with Gasteiger partial charge in [0.1, 0.15) is 0 Å². The molecule has 1 fully saturated rings. The predicted molar refractivity (Wildman–Crippen MR) is 149 cm³/mol. The Kier molecular flexibility index (Phi) is 7.49. The SMILES string of the molecule is COC(=O)c1ccc2[nH]c(O)c(C(=Nc3ccc(N(C)C(=O)CN4CCN(C)CC4)cc3)c3ccoc3)c2c1. The number of H-pyrrole nitrogens is 1. The number of rotatable bonds is 7. The average molecular weight is 530 g/mol. The summed E-state index contributed by atoms with van der Waals surface area (Å²) in [6.45, 7) is 4.05. The molecule has 0 bridgehead atoms. The maximum atomic E-state index is 12.9. The van der Waals surface area contributed by atoms with Gasteiger partial charge in [-0.05, 0) is 55.6 Å². The number of esters is 1. The van der Waals surface area contributed by atoms with Crippen LogP contribution in [0.25, 0.3) is 10.9 Å². The van der Waals surface area contributed by atoms with Crippen LogP contribution in [-0.4, -0.2) is 91.4 Å². The fraction of sp³-hybridized carbons (Fsp3) is 0.276. The van der Waals surface area contributed by atoms with Gasteiger partial charge in [0.05, 0.1) is 48.7 Å². The van der Waals surface area contributed by atoms with E-state index in [1.807, 2.05) is 24.3 Å².